The molecule has 3 nitrogen and oxygen atoms in total. The van der Waals surface area contributed by atoms with Gasteiger partial charge in [0.15, 0.2) is 0 Å². The minimum Gasteiger partial charge on any atom is -0.481 e. The zero-order chi connectivity index (χ0) is 8.53. The van der Waals surface area contributed by atoms with Gasteiger partial charge in [-0.05, 0) is 38.6 Å². The molecule has 0 spiro atoms. The van der Waals surface area contributed by atoms with Crippen LogP contribution < -0.4 is 5.73 Å². The highest BCUT2D eigenvalue weighted by Crippen LogP contribution is 2.02. The van der Waals surface area contributed by atoms with Crippen molar-refractivity contribution in [2.24, 2.45) is 5.73 Å². The maximum Gasteiger partial charge on any atom is 0.303 e. The SMILES string of the molecule is NCCC[CH]CCCC(=O)O. The number of carbonyl (C=O) groups is 1. The summed E-state index contributed by atoms with van der Waals surface area (Å²) in [5, 5.41) is 8.28. The third kappa shape index (κ3) is 9.43. The van der Waals surface area contributed by atoms with Gasteiger partial charge in [-0.3, -0.25) is 4.79 Å². The molecule has 3 N–H and O–H groups in total. The average Bonchev–Trinajstić information content (AvgIpc) is 1.96. The first-order chi connectivity index (χ1) is 5.27. The summed E-state index contributed by atoms with van der Waals surface area (Å²) in [5.74, 6) is -0.711. The van der Waals surface area contributed by atoms with Gasteiger partial charge in [0.2, 0.25) is 0 Å². The summed E-state index contributed by atoms with van der Waals surface area (Å²) >= 11 is 0. The lowest BCUT2D eigenvalue weighted by atomic mass is 10.1. The van der Waals surface area contributed by atoms with E-state index in [4.69, 9.17) is 10.8 Å². The highest BCUT2D eigenvalue weighted by molar-refractivity contribution is 5.66. The van der Waals surface area contributed by atoms with Gasteiger partial charge in [0.05, 0.1) is 0 Å². The fourth-order valence-electron chi connectivity index (χ4n) is 0.804. The van der Waals surface area contributed by atoms with E-state index in [2.05, 4.69) is 6.42 Å². The lowest BCUT2D eigenvalue weighted by molar-refractivity contribution is -0.137. The van der Waals surface area contributed by atoms with Gasteiger partial charge in [-0.1, -0.05) is 0 Å². The van der Waals surface area contributed by atoms with E-state index in [0.29, 0.717) is 0 Å². The van der Waals surface area contributed by atoms with Crippen molar-refractivity contribution < 1.29 is 9.90 Å². The minimum atomic E-state index is -0.711. The Morgan fingerprint density at radius 1 is 1.36 bits per heavy atom. The molecule has 0 unspecified atom stereocenters. The van der Waals surface area contributed by atoms with Crippen LogP contribution in [0.2, 0.25) is 0 Å². The number of nitrogens with two attached hydrogens (primary N) is 1. The number of hydrogen-bond acceptors (Lipinski definition) is 2. The molecule has 1 radical (unpaired) electrons. The molecule has 0 aromatic rings. The van der Waals surface area contributed by atoms with Crippen LogP contribution in [0.5, 0.6) is 0 Å². The Balaban J connectivity index is 2.85. The highest BCUT2D eigenvalue weighted by atomic mass is 16.4. The smallest absolute Gasteiger partial charge is 0.303 e. The summed E-state index contributed by atoms with van der Waals surface area (Å²) in [7, 11) is 0. The van der Waals surface area contributed by atoms with E-state index in [1.54, 1.807) is 0 Å². The van der Waals surface area contributed by atoms with Crippen molar-refractivity contribution in [3.8, 4) is 0 Å². The Hall–Kier alpha value is -0.570. The predicted octanol–water partition coefficient (Wildman–Crippen LogP) is 1.18. The number of carboxylic acid groups (broad SMARTS) is 1. The Morgan fingerprint density at radius 2 is 2.00 bits per heavy atom. The zero-order valence-electron chi connectivity index (χ0n) is 6.75. The van der Waals surface area contributed by atoms with E-state index in [-0.39, 0.29) is 6.42 Å². The maximum atomic E-state index is 10.1. The summed E-state index contributed by atoms with van der Waals surface area (Å²) in [4.78, 5) is 10.1. The molecule has 0 amide bonds. The van der Waals surface area contributed by atoms with Gasteiger partial charge in [-0.25, -0.2) is 0 Å². The summed E-state index contributed by atoms with van der Waals surface area (Å²) in [6.45, 7) is 0.718. The van der Waals surface area contributed by atoms with Crippen molar-refractivity contribution in [2.45, 2.75) is 32.1 Å². The van der Waals surface area contributed by atoms with E-state index in [9.17, 15) is 4.79 Å². The Kier molecular flexibility index (Phi) is 7.15. The number of rotatable bonds is 7. The van der Waals surface area contributed by atoms with Gasteiger partial charge >= 0.3 is 5.97 Å². The molecule has 65 valence electrons. The van der Waals surface area contributed by atoms with Crippen LogP contribution in [-0.4, -0.2) is 17.6 Å². The topological polar surface area (TPSA) is 63.3 Å². The van der Waals surface area contributed by atoms with Crippen LogP contribution in [0.15, 0.2) is 0 Å². The first-order valence-corrected chi connectivity index (χ1v) is 4.01. The summed E-state index contributed by atoms with van der Waals surface area (Å²) in [6, 6.07) is 0. The molecule has 0 aromatic carbocycles. The van der Waals surface area contributed by atoms with E-state index < -0.39 is 5.97 Å². The molecule has 0 bridgehead atoms. The van der Waals surface area contributed by atoms with Crippen LogP contribution in [0.3, 0.4) is 0 Å². The molecule has 3 heteroatoms. The number of hydrogen-bond donors (Lipinski definition) is 2. The molecule has 11 heavy (non-hydrogen) atoms. The number of carboxylic acids is 1. The third-order valence-electron chi connectivity index (χ3n) is 1.41. The van der Waals surface area contributed by atoms with Crippen molar-refractivity contribution in [1.29, 1.82) is 0 Å². The molecule has 0 atom stereocenters. The maximum absolute atomic E-state index is 10.1. The third-order valence-corrected chi connectivity index (χ3v) is 1.41. The molecule has 0 heterocycles. The Bertz CT molecular complexity index is 104. The van der Waals surface area contributed by atoms with Crippen LogP contribution in [0.4, 0.5) is 0 Å². The van der Waals surface area contributed by atoms with Crippen LogP contribution in [-0.2, 0) is 4.79 Å². The van der Waals surface area contributed by atoms with E-state index in [1.165, 1.54) is 0 Å². The van der Waals surface area contributed by atoms with Crippen LogP contribution >= 0.6 is 0 Å². The second-order valence-corrected chi connectivity index (χ2v) is 2.51. The zero-order valence-corrected chi connectivity index (χ0v) is 6.75. The lowest BCUT2D eigenvalue weighted by Crippen LogP contribution is -1.98. The van der Waals surface area contributed by atoms with E-state index in [1.807, 2.05) is 0 Å². The Morgan fingerprint density at radius 3 is 2.55 bits per heavy atom. The van der Waals surface area contributed by atoms with Crippen molar-refractivity contribution in [2.75, 3.05) is 6.54 Å². The molecule has 0 fully saturated rings. The van der Waals surface area contributed by atoms with Gasteiger partial charge in [0.25, 0.3) is 0 Å². The molecule has 0 aromatic heterocycles. The Labute approximate surface area is 67.6 Å². The van der Waals surface area contributed by atoms with Gasteiger partial charge < -0.3 is 10.8 Å². The van der Waals surface area contributed by atoms with Crippen molar-refractivity contribution >= 4 is 5.97 Å². The largest absolute Gasteiger partial charge is 0.481 e. The molecule has 0 aliphatic rings. The second-order valence-electron chi connectivity index (χ2n) is 2.51. The summed E-state index contributed by atoms with van der Waals surface area (Å²) < 4.78 is 0. The second kappa shape index (κ2) is 7.54. The number of aliphatic carboxylic acids is 1. The standard InChI is InChI=1S/C8H16NO2/c9-7-5-3-1-2-4-6-8(10)11/h1H,2-7,9H2,(H,10,11). The quantitative estimate of drug-likeness (QED) is 0.547. The monoisotopic (exact) mass is 158 g/mol. The normalized spacial score (nSPS) is 9.91. The van der Waals surface area contributed by atoms with E-state index in [0.717, 1.165) is 32.2 Å². The molecule has 0 aliphatic carbocycles. The van der Waals surface area contributed by atoms with Crippen LogP contribution in [0, 0.1) is 6.42 Å². The van der Waals surface area contributed by atoms with Crippen LogP contribution in [0.25, 0.3) is 0 Å². The van der Waals surface area contributed by atoms with Gasteiger partial charge in [0, 0.05) is 6.42 Å². The van der Waals surface area contributed by atoms with Crippen molar-refractivity contribution in [3.63, 3.8) is 0 Å². The first kappa shape index (κ1) is 10.4. The number of unbranched alkanes of at least 4 members (excludes halogenated alkanes) is 4. The summed E-state index contributed by atoms with van der Waals surface area (Å²) in [5.41, 5.74) is 5.28. The van der Waals surface area contributed by atoms with Crippen LogP contribution in [0.1, 0.15) is 32.1 Å². The van der Waals surface area contributed by atoms with Gasteiger partial charge in [-0.2, -0.15) is 0 Å². The molecule has 0 aliphatic heterocycles. The fraction of sp³-hybridized carbons (Fsp3) is 0.750. The molecular formula is C8H16NO2. The van der Waals surface area contributed by atoms with Gasteiger partial charge in [0.1, 0.15) is 0 Å². The van der Waals surface area contributed by atoms with Gasteiger partial charge in [-0.15, -0.1) is 0 Å². The molecular weight excluding hydrogens is 142 g/mol. The highest BCUT2D eigenvalue weighted by Gasteiger charge is 1.95. The average molecular weight is 158 g/mol. The molecule has 0 saturated carbocycles. The van der Waals surface area contributed by atoms with Crippen molar-refractivity contribution in [1.82, 2.24) is 0 Å². The van der Waals surface area contributed by atoms with E-state index >= 15 is 0 Å². The molecule has 0 saturated heterocycles. The minimum absolute atomic E-state index is 0.277. The fourth-order valence-corrected chi connectivity index (χ4v) is 0.804. The molecule has 0 rings (SSSR count). The predicted molar refractivity (Wildman–Crippen MR) is 44.1 cm³/mol. The first-order valence-electron chi connectivity index (χ1n) is 4.01. The lowest BCUT2D eigenvalue weighted by Gasteiger charge is -1.96. The van der Waals surface area contributed by atoms with Crippen molar-refractivity contribution in [3.05, 3.63) is 6.42 Å². The summed E-state index contributed by atoms with van der Waals surface area (Å²) in [6.07, 6.45) is 6.05.